The van der Waals surface area contributed by atoms with Gasteiger partial charge in [-0.1, -0.05) is 35.9 Å². The number of hydrogen-bond donors (Lipinski definition) is 2. The average molecular weight is 480 g/mol. The minimum absolute atomic E-state index is 0.00135. The fourth-order valence-electron chi connectivity index (χ4n) is 4.04. The molecule has 0 aromatic heterocycles. The van der Waals surface area contributed by atoms with Crippen LogP contribution in [0.5, 0.6) is 11.5 Å². The molecule has 3 N–H and O–H groups in total. The van der Waals surface area contributed by atoms with E-state index in [0.29, 0.717) is 28.4 Å². The van der Waals surface area contributed by atoms with Gasteiger partial charge in [-0.05, 0) is 54.4 Å². The highest BCUT2D eigenvalue weighted by atomic mass is 35.5. The molecule has 3 aromatic rings. The first-order valence-corrected chi connectivity index (χ1v) is 11.3. The van der Waals surface area contributed by atoms with E-state index >= 15 is 0 Å². The van der Waals surface area contributed by atoms with E-state index in [1.807, 2.05) is 24.3 Å². The van der Waals surface area contributed by atoms with Crippen LogP contribution in [0.15, 0.2) is 66.7 Å². The van der Waals surface area contributed by atoms with E-state index in [1.165, 1.54) is 0 Å². The Hall–Kier alpha value is -3.71. The molecule has 0 radical (unpaired) electrons. The van der Waals surface area contributed by atoms with Crippen molar-refractivity contribution in [2.24, 2.45) is 5.73 Å². The van der Waals surface area contributed by atoms with E-state index in [0.717, 1.165) is 30.0 Å². The second kappa shape index (κ2) is 10.5. The summed E-state index contributed by atoms with van der Waals surface area (Å²) in [7, 11) is 1.63. The first-order chi connectivity index (χ1) is 16.4. The number of nitrogens with one attached hydrogen (secondary N) is 1. The van der Waals surface area contributed by atoms with Crippen molar-refractivity contribution in [3.63, 3.8) is 0 Å². The van der Waals surface area contributed by atoms with Gasteiger partial charge >= 0.3 is 0 Å². The largest absolute Gasteiger partial charge is 0.495 e. The highest BCUT2D eigenvalue weighted by molar-refractivity contribution is 6.31. The molecule has 34 heavy (non-hydrogen) atoms. The molecule has 3 aromatic carbocycles. The number of nitrogens with zero attached hydrogens (tertiary/aromatic N) is 1. The summed E-state index contributed by atoms with van der Waals surface area (Å²) in [6.45, 7) is 1.65. The van der Waals surface area contributed by atoms with Gasteiger partial charge in [-0.15, -0.1) is 0 Å². The monoisotopic (exact) mass is 479 g/mol. The molecule has 8 heteroatoms. The summed E-state index contributed by atoms with van der Waals surface area (Å²) >= 11 is 6.17. The molecule has 1 aliphatic heterocycles. The minimum Gasteiger partial charge on any atom is -0.495 e. The molecule has 2 amide bonds. The molecule has 0 aliphatic carbocycles. The van der Waals surface area contributed by atoms with Crippen molar-refractivity contribution >= 4 is 29.1 Å². The van der Waals surface area contributed by atoms with E-state index in [1.54, 1.807) is 49.6 Å². The summed E-state index contributed by atoms with van der Waals surface area (Å²) < 4.78 is 11.2. The number of amides is 2. The maximum atomic E-state index is 12.9. The van der Waals surface area contributed by atoms with Crippen LogP contribution in [0.4, 0.5) is 5.69 Å². The van der Waals surface area contributed by atoms with Crippen molar-refractivity contribution < 1.29 is 19.1 Å². The number of carbonyl (C=O) groups is 2. The molecule has 7 nitrogen and oxygen atoms in total. The van der Waals surface area contributed by atoms with Gasteiger partial charge in [0, 0.05) is 29.7 Å². The Kier molecular flexibility index (Phi) is 7.23. The van der Waals surface area contributed by atoms with Crippen LogP contribution >= 0.6 is 11.6 Å². The number of halogens is 1. The summed E-state index contributed by atoms with van der Waals surface area (Å²) in [5, 5.41) is 3.76. The molecule has 1 unspecified atom stereocenters. The number of primary amides is 1. The van der Waals surface area contributed by atoms with Gasteiger partial charge in [0.2, 0.25) is 0 Å². The standard InChI is InChI=1S/C26H26ClN3O4/c1-33-24-10-9-19(27)14-22(24)30-12-11-20(15-30)29-26(32)18-6-4-5-17(13-18)16-34-23-8-3-2-7-21(23)25(28)31/h2-10,13-14,20H,11-12,15-16H2,1H3,(H2,28,31)(H,29,32). The molecule has 1 aliphatic rings. The average Bonchev–Trinajstić information content (AvgIpc) is 3.31. The molecule has 1 saturated heterocycles. The molecule has 4 rings (SSSR count). The lowest BCUT2D eigenvalue weighted by Gasteiger charge is -2.22. The predicted octanol–water partition coefficient (Wildman–Crippen LogP) is 4.04. The van der Waals surface area contributed by atoms with E-state index in [-0.39, 0.29) is 18.6 Å². The number of methoxy groups -OCH3 is 1. The van der Waals surface area contributed by atoms with E-state index in [4.69, 9.17) is 26.8 Å². The zero-order chi connectivity index (χ0) is 24.1. The molecule has 0 spiro atoms. The number of para-hydroxylation sites is 1. The number of hydrogen-bond acceptors (Lipinski definition) is 5. The lowest BCUT2D eigenvalue weighted by Crippen LogP contribution is -2.37. The Morgan fingerprint density at radius 2 is 1.91 bits per heavy atom. The Balaban J connectivity index is 1.38. The minimum atomic E-state index is -0.551. The van der Waals surface area contributed by atoms with E-state index in [9.17, 15) is 9.59 Å². The summed E-state index contributed by atoms with van der Waals surface area (Å²) in [5.41, 5.74) is 8.00. The van der Waals surface area contributed by atoms with Gasteiger partial charge < -0.3 is 25.4 Å². The summed E-state index contributed by atoms with van der Waals surface area (Å²) in [6, 6.07) is 19.6. The third-order valence-corrected chi connectivity index (χ3v) is 5.98. The molecule has 0 bridgehead atoms. The summed E-state index contributed by atoms with van der Waals surface area (Å²) in [5.74, 6) is 0.461. The second-order valence-electron chi connectivity index (χ2n) is 8.07. The third kappa shape index (κ3) is 5.43. The zero-order valence-electron chi connectivity index (χ0n) is 18.8. The number of anilines is 1. The summed E-state index contributed by atoms with van der Waals surface area (Å²) in [4.78, 5) is 26.7. The predicted molar refractivity (Wildman–Crippen MR) is 132 cm³/mol. The molecule has 1 heterocycles. The zero-order valence-corrected chi connectivity index (χ0v) is 19.5. The number of carbonyl (C=O) groups excluding carboxylic acids is 2. The molecular formula is C26H26ClN3O4. The Morgan fingerprint density at radius 3 is 2.71 bits per heavy atom. The fraction of sp³-hybridized carbons (Fsp3) is 0.231. The van der Waals surface area contributed by atoms with Gasteiger partial charge in [0.1, 0.15) is 18.1 Å². The second-order valence-corrected chi connectivity index (χ2v) is 8.51. The van der Waals surface area contributed by atoms with Gasteiger partial charge in [-0.3, -0.25) is 9.59 Å². The molecular weight excluding hydrogens is 454 g/mol. The number of ether oxygens (including phenoxy) is 2. The number of nitrogens with two attached hydrogens (primary N) is 1. The number of rotatable bonds is 8. The van der Waals surface area contributed by atoms with Crippen LogP contribution in [-0.2, 0) is 6.61 Å². The van der Waals surface area contributed by atoms with Gasteiger partial charge in [-0.25, -0.2) is 0 Å². The van der Waals surface area contributed by atoms with Crippen molar-refractivity contribution in [2.75, 3.05) is 25.1 Å². The first kappa shape index (κ1) is 23.4. The maximum Gasteiger partial charge on any atom is 0.252 e. The van der Waals surface area contributed by atoms with Crippen LogP contribution in [0.3, 0.4) is 0 Å². The molecule has 1 fully saturated rings. The lowest BCUT2D eigenvalue weighted by molar-refractivity contribution is 0.0939. The quantitative estimate of drug-likeness (QED) is 0.508. The Labute approximate surface area is 203 Å². The molecule has 176 valence electrons. The van der Waals surface area contributed by atoms with Gasteiger partial charge in [0.05, 0.1) is 18.4 Å². The highest BCUT2D eigenvalue weighted by Crippen LogP contribution is 2.33. The molecule has 1 atom stereocenters. The summed E-state index contributed by atoms with van der Waals surface area (Å²) in [6.07, 6.45) is 0.814. The lowest BCUT2D eigenvalue weighted by atomic mass is 10.1. The van der Waals surface area contributed by atoms with Crippen LogP contribution in [0.25, 0.3) is 0 Å². The Bertz CT molecular complexity index is 1200. The topological polar surface area (TPSA) is 93.9 Å². The SMILES string of the molecule is COc1ccc(Cl)cc1N1CCC(NC(=O)c2cccc(COc3ccccc3C(N)=O)c2)C1. The van der Waals surface area contributed by atoms with Gasteiger partial charge in [0.15, 0.2) is 0 Å². The van der Waals surface area contributed by atoms with E-state index < -0.39 is 5.91 Å². The van der Waals surface area contributed by atoms with Gasteiger partial charge in [0.25, 0.3) is 11.8 Å². The van der Waals surface area contributed by atoms with Crippen LogP contribution in [-0.4, -0.2) is 38.1 Å². The number of benzene rings is 3. The smallest absolute Gasteiger partial charge is 0.252 e. The normalized spacial score (nSPS) is 15.1. The first-order valence-electron chi connectivity index (χ1n) is 10.9. The maximum absolute atomic E-state index is 12.9. The van der Waals surface area contributed by atoms with Crippen LogP contribution in [0.1, 0.15) is 32.7 Å². The van der Waals surface area contributed by atoms with Crippen molar-refractivity contribution in [1.82, 2.24) is 5.32 Å². The van der Waals surface area contributed by atoms with Crippen LogP contribution in [0.2, 0.25) is 5.02 Å². The van der Waals surface area contributed by atoms with E-state index in [2.05, 4.69) is 10.2 Å². The third-order valence-electron chi connectivity index (χ3n) is 5.74. The Morgan fingerprint density at radius 1 is 1.09 bits per heavy atom. The van der Waals surface area contributed by atoms with Crippen molar-refractivity contribution in [1.29, 1.82) is 0 Å². The van der Waals surface area contributed by atoms with Crippen molar-refractivity contribution in [3.05, 3.63) is 88.4 Å². The fourth-order valence-corrected chi connectivity index (χ4v) is 4.20. The highest BCUT2D eigenvalue weighted by Gasteiger charge is 2.26. The van der Waals surface area contributed by atoms with Crippen LogP contribution < -0.4 is 25.4 Å². The van der Waals surface area contributed by atoms with Crippen molar-refractivity contribution in [3.8, 4) is 11.5 Å². The molecule has 0 saturated carbocycles. The van der Waals surface area contributed by atoms with Crippen molar-refractivity contribution in [2.45, 2.75) is 19.1 Å². The van der Waals surface area contributed by atoms with Gasteiger partial charge in [-0.2, -0.15) is 0 Å². The van der Waals surface area contributed by atoms with Crippen LogP contribution in [0, 0.1) is 0 Å².